The van der Waals surface area contributed by atoms with E-state index in [1.165, 1.54) is 6.07 Å². The Morgan fingerprint density at radius 1 is 1.07 bits per heavy atom. The fourth-order valence-corrected chi connectivity index (χ4v) is 3.39. The number of ether oxygens (including phenoxy) is 2. The van der Waals surface area contributed by atoms with Gasteiger partial charge in [0.1, 0.15) is 11.5 Å². The molecule has 0 radical (unpaired) electrons. The summed E-state index contributed by atoms with van der Waals surface area (Å²) in [5, 5.41) is 11.1. The highest BCUT2D eigenvalue weighted by atomic mass is 16.6. The summed E-state index contributed by atoms with van der Waals surface area (Å²) in [5.74, 6) is 1.60. The van der Waals surface area contributed by atoms with E-state index in [9.17, 15) is 10.1 Å². The Hall–Kier alpha value is -2.80. The largest absolute Gasteiger partial charge is 0.496 e. The highest BCUT2D eigenvalue weighted by Gasteiger charge is 2.21. The van der Waals surface area contributed by atoms with E-state index in [2.05, 4.69) is 15.9 Å². The van der Waals surface area contributed by atoms with Crippen LogP contribution in [0.3, 0.4) is 0 Å². The molecule has 7 nitrogen and oxygen atoms in total. The fraction of sp³-hybridized carbons (Fsp3) is 0.400. The van der Waals surface area contributed by atoms with E-state index in [1.54, 1.807) is 19.2 Å². The van der Waals surface area contributed by atoms with Gasteiger partial charge in [-0.3, -0.25) is 15.0 Å². The van der Waals surface area contributed by atoms with E-state index in [4.69, 9.17) is 9.47 Å². The molecule has 2 aromatic carbocycles. The fourth-order valence-electron chi connectivity index (χ4n) is 3.39. The summed E-state index contributed by atoms with van der Waals surface area (Å²) < 4.78 is 11.1. The van der Waals surface area contributed by atoms with Gasteiger partial charge < -0.3 is 14.4 Å². The van der Waals surface area contributed by atoms with Gasteiger partial charge in [-0.05, 0) is 25.1 Å². The van der Waals surface area contributed by atoms with Crippen LogP contribution in [0.5, 0.6) is 11.5 Å². The summed E-state index contributed by atoms with van der Waals surface area (Å²) in [4.78, 5) is 15.3. The molecule has 1 aliphatic heterocycles. The van der Waals surface area contributed by atoms with Crippen molar-refractivity contribution >= 4 is 11.4 Å². The smallest absolute Gasteiger partial charge is 0.270 e. The molecule has 1 fully saturated rings. The number of benzene rings is 2. The third-order valence-corrected chi connectivity index (χ3v) is 4.75. The Bertz CT molecular complexity index is 789. The molecule has 0 N–H and O–H groups in total. The molecule has 0 amide bonds. The van der Waals surface area contributed by atoms with E-state index in [1.807, 2.05) is 25.1 Å². The lowest BCUT2D eigenvalue weighted by Crippen LogP contribution is -2.46. The number of anilines is 1. The van der Waals surface area contributed by atoms with Crippen molar-refractivity contribution in [3.8, 4) is 11.5 Å². The zero-order valence-corrected chi connectivity index (χ0v) is 15.8. The first-order chi connectivity index (χ1) is 13.1. The summed E-state index contributed by atoms with van der Waals surface area (Å²) in [6.45, 7) is 6.75. The minimum Gasteiger partial charge on any atom is -0.496 e. The third kappa shape index (κ3) is 4.49. The van der Waals surface area contributed by atoms with Crippen LogP contribution in [0.15, 0.2) is 42.5 Å². The molecular weight excluding hydrogens is 346 g/mol. The number of non-ortho nitro benzene ring substituents is 1. The lowest BCUT2D eigenvalue weighted by atomic mass is 10.1. The van der Waals surface area contributed by atoms with Crippen LogP contribution in [0.1, 0.15) is 12.5 Å². The van der Waals surface area contributed by atoms with Crippen LogP contribution in [0, 0.1) is 10.1 Å². The van der Waals surface area contributed by atoms with E-state index in [0.29, 0.717) is 18.9 Å². The number of hydrogen-bond donors (Lipinski definition) is 0. The number of nitro benzene ring substituents is 1. The van der Waals surface area contributed by atoms with Crippen LogP contribution in [-0.4, -0.2) is 49.7 Å². The van der Waals surface area contributed by atoms with Gasteiger partial charge in [0, 0.05) is 50.4 Å². The second-order valence-electron chi connectivity index (χ2n) is 6.42. The van der Waals surface area contributed by atoms with Gasteiger partial charge in [-0.1, -0.05) is 12.1 Å². The molecule has 7 heteroatoms. The summed E-state index contributed by atoms with van der Waals surface area (Å²) in [7, 11) is 1.59. The number of nitro groups is 1. The van der Waals surface area contributed by atoms with Crippen molar-refractivity contribution in [1.29, 1.82) is 0 Å². The molecule has 0 atom stereocenters. The maximum atomic E-state index is 11.1. The predicted molar refractivity (Wildman–Crippen MR) is 105 cm³/mol. The zero-order chi connectivity index (χ0) is 19.2. The second-order valence-corrected chi connectivity index (χ2v) is 6.42. The molecular formula is C20H25N3O4. The summed E-state index contributed by atoms with van der Waals surface area (Å²) in [6, 6.07) is 12.9. The molecule has 0 unspecified atom stereocenters. The van der Waals surface area contributed by atoms with Crippen LogP contribution in [0.25, 0.3) is 0 Å². The summed E-state index contributed by atoms with van der Waals surface area (Å²) in [6.07, 6.45) is 0. The van der Waals surface area contributed by atoms with E-state index in [-0.39, 0.29) is 10.6 Å². The number of para-hydroxylation sites is 2. The molecule has 0 bridgehead atoms. The van der Waals surface area contributed by atoms with E-state index >= 15 is 0 Å². The molecule has 2 aromatic rings. The van der Waals surface area contributed by atoms with Crippen molar-refractivity contribution in [2.45, 2.75) is 13.5 Å². The van der Waals surface area contributed by atoms with Gasteiger partial charge in [-0.25, -0.2) is 0 Å². The maximum absolute atomic E-state index is 11.1. The Balaban J connectivity index is 1.67. The molecule has 0 spiro atoms. The molecule has 1 saturated heterocycles. The quantitative estimate of drug-likeness (QED) is 0.549. The van der Waals surface area contributed by atoms with Gasteiger partial charge in [0.25, 0.3) is 5.69 Å². The monoisotopic (exact) mass is 371 g/mol. The van der Waals surface area contributed by atoms with Gasteiger partial charge in [0.2, 0.25) is 0 Å². The number of rotatable bonds is 7. The number of hydrogen-bond acceptors (Lipinski definition) is 6. The van der Waals surface area contributed by atoms with Crippen LogP contribution >= 0.6 is 0 Å². The molecule has 1 heterocycles. The van der Waals surface area contributed by atoms with Gasteiger partial charge in [-0.2, -0.15) is 0 Å². The normalized spacial score (nSPS) is 14.8. The molecule has 1 aliphatic rings. The number of methoxy groups -OCH3 is 1. The average Bonchev–Trinajstić information content (AvgIpc) is 2.69. The van der Waals surface area contributed by atoms with Gasteiger partial charge in [-0.15, -0.1) is 0 Å². The first kappa shape index (κ1) is 19.0. The molecule has 144 valence electrons. The van der Waals surface area contributed by atoms with Crippen LogP contribution in [-0.2, 0) is 6.54 Å². The summed E-state index contributed by atoms with van der Waals surface area (Å²) >= 11 is 0. The minimum atomic E-state index is -0.370. The Morgan fingerprint density at radius 2 is 1.81 bits per heavy atom. The first-order valence-corrected chi connectivity index (χ1v) is 9.12. The van der Waals surface area contributed by atoms with Crippen molar-refractivity contribution in [1.82, 2.24) is 4.90 Å². The standard InChI is InChI=1S/C20H25N3O4/c1-3-27-20-7-5-4-6-18(20)22-12-10-21(11-13-22)15-16-14-17(23(24)25)8-9-19(16)26-2/h4-9,14H,3,10-13,15H2,1-2H3. The van der Waals surface area contributed by atoms with Crippen molar-refractivity contribution in [2.24, 2.45) is 0 Å². The second kappa shape index (κ2) is 8.73. The van der Waals surface area contributed by atoms with Crippen LogP contribution < -0.4 is 14.4 Å². The zero-order valence-electron chi connectivity index (χ0n) is 15.8. The highest BCUT2D eigenvalue weighted by molar-refractivity contribution is 5.58. The van der Waals surface area contributed by atoms with E-state index in [0.717, 1.165) is 43.2 Å². The molecule has 0 aromatic heterocycles. The number of piperazine rings is 1. The van der Waals surface area contributed by atoms with E-state index < -0.39 is 0 Å². The molecule has 3 rings (SSSR count). The number of nitrogens with zero attached hydrogens (tertiary/aromatic N) is 3. The van der Waals surface area contributed by atoms with Crippen LogP contribution in [0.2, 0.25) is 0 Å². The third-order valence-electron chi connectivity index (χ3n) is 4.75. The van der Waals surface area contributed by atoms with Gasteiger partial charge in [0.05, 0.1) is 24.3 Å². The first-order valence-electron chi connectivity index (χ1n) is 9.12. The Kier molecular flexibility index (Phi) is 6.13. The highest BCUT2D eigenvalue weighted by Crippen LogP contribution is 2.30. The van der Waals surface area contributed by atoms with Crippen molar-refractivity contribution in [3.05, 3.63) is 58.1 Å². The Labute approximate surface area is 159 Å². The average molecular weight is 371 g/mol. The molecule has 0 saturated carbocycles. The van der Waals surface area contributed by atoms with Gasteiger partial charge >= 0.3 is 0 Å². The predicted octanol–water partition coefficient (Wildman–Crippen LogP) is 3.32. The van der Waals surface area contributed by atoms with Gasteiger partial charge in [0.15, 0.2) is 0 Å². The van der Waals surface area contributed by atoms with Crippen molar-refractivity contribution in [3.63, 3.8) is 0 Å². The minimum absolute atomic E-state index is 0.0927. The lowest BCUT2D eigenvalue weighted by molar-refractivity contribution is -0.385. The van der Waals surface area contributed by atoms with Crippen molar-refractivity contribution in [2.75, 3.05) is 44.8 Å². The van der Waals surface area contributed by atoms with Crippen molar-refractivity contribution < 1.29 is 14.4 Å². The topological polar surface area (TPSA) is 68.1 Å². The maximum Gasteiger partial charge on any atom is 0.270 e. The lowest BCUT2D eigenvalue weighted by Gasteiger charge is -2.36. The Morgan fingerprint density at radius 3 is 2.48 bits per heavy atom. The van der Waals surface area contributed by atoms with Crippen LogP contribution in [0.4, 0.5) is 11.4 Å². The molecule has 27 heavy (non-hydrogen) atoms. The summed E-state index contributed by atoms with van der Waals surface area (Å²) in [5.41, 5.74) is 2.05. The molecule has 0 aliphatic carbocycles. The SMILES string of the molecule is CCOc1ccccc1N1CCN(Cc2cc([N+](=O)[O-])ccc2OC)CC1.